The van der Waals surface area contributed by atoms with Crippen molar-refractivity contribution < 1.29 is 13.6 Å². The van der Waals surface area contributed by atoms with Crippen LogP contribution in [0.1, 0.15) is 50.9 Å². The molecule has 4 heteroatoms. The number of benzene rings is 3. The van der Waals surface area contributed by atoms with Crippen LogP contribution in [0.25, 0.3) is 0 Å². The fraction of sp³-hybridized carbons (Fsp3) is 0.208. The molecule has 3 aromatic carbocycles. The van der Waals surface area contributed by atoms with E-state index in [9.17, 15) is 13.6 Å². The van der Waals surface area contributed by atoms with Crippen LogP contribution >= 0.6 is 0 Å². The summed E-state index contributed by atoms with van der Waals surface area (Å²) in [6, 6.07) is 19.9. The SMILES string of the molecule is O=C(NCC1CC2c3ccccc3C1c1ccccc12)c1cc(F)ccc1F. The van der Waals surface area contributed by atoms with Crippen LogP contribution < -0.4 is 5.32 Å². The van der Waals surface area contributed by atoms with Gasteiger partial charge in [0.2, 0.25) is 0 Å². The van der Waals surface area contributed by atoms with Gasteiger partial charge in [-0.3, -0.25) is 4.79 Å². The first-order chi connectivity index (χ1) is 13.6. The minimum atomic E-state index is -0.709. The molecule has 6 rings (SSSR count). The van der Waals surface area contributed by atoms with Crippen LogP contribution in [0.4, 0.5) is 8.78 Å². The van der Waals surface area contributed by atoms with E-state index >= 15 is 0 Å². The molecule has 3 aromatic rings. The highest BCUT2D eigenvalue weighted by Crippen LogP contribution is 2.55. The summed E-state index contributed by atoms with van der Waals surface area (Å²) >= 11 is 0. The van der Waals surface area contributed by atoms with E-state index in [1.807, 2.05) is 0 Å². The molecule has 2 bridgehead atoms. The van der Waals surface area contributed by atoms with E-state index in [2.05, 4.69) is 53.8 Å². The Bertz CT molecular complexity index is 1030. The van der Waals surface area contributed by atoms with E-state index in [0.29, 0.717) is 12.5 Å². The van der Waals surface area contributed by atoms with Crippen LogP contribution in [0.5, 0.6) is 0 Å². The van der Waals surface area contributed by atoms with E-state index in [4.69, 9.17) is 0 Å². The third-order valence-corrected chi connectivity index (χ3v) is 6.12. The van der Waals surface area contributed by atoms with Crippen molar-refractivity contribution in [2.24, 2.45) is 5.92 Å². The molecular formula is C24H19F2NO. The van der Waals surface area contributed by atoms with Crippen molar-refractivity contribution in [1.29, 1.82) is 0 Å². The number of fused-ring (bicyclic) bond motifs is 1. The number of rotatable bonds is 3. The molecule has 28 heavy (non-hydrogen) atoms. The van der Waals surface area contributed by atoms with E-state index < -0.39 is 17.5 Å². The lowest BCUT2D eigenvalue weighted by Crippen LogP contribution is -2.39. The summed E-state index contributed by atoms with van der Waals surface area (Å²) in [4.78, 5) is 12.4. The van der Waals surface area contributed by atoms with Gasteiger partial charge in [-0.25, -0.2) is 8.78 Å². The minimum absolute atomic E-state index is 0.204. The summed E-state index contributed by atoms with van der Waals surface area (Å²) in [6.45, 7) is 0.429. The molecule has 1 atom stereocenters. The molecule has 1 amide bonds. The topological polar surface area (TPSA) is 29.1 Å². The number of carbonyl (C=O) groups excluding carboxylic acids is 1. The van der Waals surface area contributed by atoms with Crippen LogP contribution in [0.2, 0.25) is 0 Å². The first-order valence-electron chi connectivity index (χ1n) is 9.54. The zero-order valence-electron chi connectivity index (χ0n) is 15.2. The second-order valence-electron chi connectivity index (χ2n) is 7.62. The van der Waals surface area contributed by atoms with Crippen molar-refractivity contribution in [3.63, 3.8) is 0 Å². The summed E-state index contributed by atoms with van der Waals surface area (Å²) in [5, 5.41) is 2.84. The zero-order chi connectivity index (χ0) is 19.3. The van der Waals surface area contributed by atoms with Crippen molar-refractivity contribution in [3.05, 3.63) is 106 Å². The third-order valence-electron chi connectivity index (χ3n) is 6.12. The fourth-order valence-corrected chi connectivity index (χ4v) is 4.95. The Morgan fingerprint density at radius 1 is 0.893 bits per heavy atom. The smallest absolute Gasteiger partial charge is 0.254 e. The number of halogens is 2. The van der Waals surface area contributed by atoms with Gasteiger partial charge in [-0.1, -0.05) is 48.5 Å². The van der Waals surface area contributed by atoms with Crippen LogP contribution in [-0.2, 0) is 0 Å². The highest BCUT2D eigenvalue weighted by Gasteiger charge is 2.42. The summed E-state index contributed by atoms with van der Waals surface area (Å²) in [5.41, 5.74) is 5.11. The first-order valence-corrected chi connectivity index (χ1v) is 9.54. The van der Waals surface area contributed by atoms with Gasteiger partial charge in [0.1, 0.15) is 11.6 Å². The maximum Gasteiger partial charge on any atom is 0.254 e. The number of hydrogen-bond acceptors (Lipinski definition) is 1. The summed E-state index contributed by atoms with van der Waals surface area (Å²) in [5.74, 6) is -1.17. The Morgan fingerprint density at radius 2 is 1.50 bits per heavy atom. The number of carbonyl (C=O) groups is 1. The van der Waals surface area contributed by atoms with Gasteiger partial charge in [0.15, 0.2) is 0 Å². The van der Waals surface area contributed by atoms with Gasteiger partial charge in [-0.05, 0) is 52.8 Å². The van der Waals surface area contributed by atoms with Crippen LogP contribution in [0, 0.1) is 17.6 Å². The maximum absolute atomic E-state index is 13.9. The number of amides is 1. The van der Waals surface area contributed by atoms with Crippen molar-refractivity contribution in [3.8, 4) is 0 Å². The normalized spacial score (nSPS) is 21.7. The van der Waals surface area contributed by atoms with Crippen molar-refractivity contribution in [2.75, 3.05) is 6.54 Å². The van der Waals surface area contributed by atoms with E-state index in [0.717, 1.165) is 24.6 Å². The molecule has 140 valence electrons. The predicted molar refractivity (Wildman–Crippen MR) is 103 cm³/mol. The van der Waals surface area contributed by atoms with E-state index in [-0.39, 0.29) is 17.4 Å². The minimum Gasteiger partial charge on any atom is -0.352 e. The number of hydrogen-bond donors (Lipinski definition) is 1. The largest absolute Gasteiger partial charge is 0.352 e. The average Bonchev–Trinajstić information content (AvgIpc) is 2.74. The summed E-state index contributed by atoms with van der Waals surface area (Å²) in [7, 11) is 0. The quantitative estimate of drug-likeness (QED) is 0.686. The molecule has 0 saturated heterocycles. The molecule has 0 aliphatic heterocycles. The molecule has 2 nitrogen and oxygen atoms in total. The molecule has 0 spiro atoms. The van der Waals surface area contributed by atoms with Gasteiger partial charge in [0.05, 0.1) is 5.56 Å². The van der Waals surface area contributed by atoms with Crippen molar-refractivity contribution in [1.82, 2.24) is 5.32 Å². The van der Waals surface area contributed by atoms with Gasteiger partial charge in [-0.15, -0.1) is 0 Å². The summed E-state index contributed by atoms with van der Waals surface area (Å²) < 4.78 is 27.3. The molecule has 0 radical (unpaired) electrons. The Morgan fingerprint density at radius 3 is 2.14 bits per heavy atom. The number of nitrogens with one attached hydrogen (secondary N) is 1. The van der Waals surface area contributed by atoms with Crippen molar-refractivity contribution in [2.45, 2.75) is 18.3 Å². The van der Waals surface area contributed by atoms with Crippen LogP contribution in [0.3, 0.4) is 0 Å². The molecule has 0 heterocycles. The highest BCUT2D eigenvalue weighted by atomic mass is 19.1. The standard InChI is InChI=1S/C24H19F2NO/c25-15-9-10-22(26)21(12-15)24(28)27-13-14-11-20-16-5-1-3-7-18(16)23(14)19-8-4-2-6-17(19)20/h1-10,12,14,20,23H,11,13H2,(H,27,28). The molecule has 3 aliphatic carbocycles. The second-order valence-corrected chi connectivity index (χ2v) is 7.62. The van der Waals surface area contributed by atoms with Crippen LogP contribution in [-0.4, -0.2) is 12.5 Å². The lowest BCUT2D eigenvalue weighted by atomic mass is 9.59. The lowest BCUT2D eigenvalue weighted by Gasteiger charge is -2.45. The molecule has 3 aliphatic rings. The summed E-state index contributed by atoms with van der Waals surface area (Å²) in [6.07, 6.45) is 0.935. The lowest BCUT2D eigenvalue weighted by molar-refractivity contribution is 0.0938. The monoisotopic (exact) mass is 375 g/mol. The second kappa shape index (κ2) is 6.55. The zero-order valence-corrected chi connectivity index (χ0v) is 15.2. The Labute approximate surface area is 162 Å². The Balaban J connectivity index is 1.43. The van der Waals surface area contributed by atoms with Gasteiger partial charge in [0.25, 0.3) is 5.91 Å². The van der Waals surface area contributed by atoms with Gasteiger partial charge in [0, 0.05) is 18.4 Å². The Kier molecular flexibility index (Phi) is 4.00. The molecular weight excluding hydrogens is 356 g/mol. The maximum atomic E-state index is 13.9. The van der Waals surface area contributed by atoms with Gasteiger partial charge in [-0.2, -0.15) is 0 Å². The molecule has 0 fully saturated rings. The predicted octanol–water partition coefficient (Wildman–Crippen LogP) is 4.99. The van der Waals surface area contributed by atoms with Gasteiger partial charge >= 0.3 is 0 Å². The average molecular weight is 375 g/mol. The molecule has 0 saturated carbocycles. The third kappa shape index (κ3) is 2.63. The van der Waals surface area contributed by atoms with E-state index in [1.165, 1.54) is 22.3 Å². The highest BCUT2D eigenvalue weighted by molar-refractivity contribution is 5.94. The fourth-order valence-electron chi connectivity index (χ4n) is 4.95. The molecule has 0 aromatic heterocycles. The first kappa shape index (κ1) is 17.1. The molecule has 1 N–H and O–H groups in total. The van der Waals surface area contributed by atoms with E-state index in [1.54, 1.807) is 0 Å². The van der Waals surface area contributed by atoms with Crippen LogP contribution in [0.15, 0.2) is 66.7 Å². The Hall–Kier alpha value is -3.01. The molecule has 1 unspecified atom stereocenters. The van der Waals surface area contributed by atoms with Gasteiger partial charge < -0.3 is 5.32 Å². The van der Waals surface area contributed by atoms with Crippen molar-refractivity contribution >= 4 is 5.91 Å².